The molecule has 112 valence electrons. The van der Waals surface area contributed by atoms with Crippen LogP contribution < -0.4 is 0 Å². The fourth-order valence-electron chi connectivity index (χ4n) is 5.24. The van der Waals surface area contributed by atoms with Gasteiger partial charge in [-0.3, -0.25) is 14.5 Å². The summed E-state index contributed by atoms with van der Waals surface area (Å²) in [4.78, 5) is 27.5. The zero-order chi connectivity index (χ0) is 15.0. The van der Waals surface area contributed by atoms with Crippen LogP contribution in [-0.4, -0.2) is 16.7 Å². The largest absolute Gasteiger partial charge is 0.275 e. The van der Waals surface area contributed by atoms with Gasteiger partial charge in [-0.25, -0.2) is 0 Å². The van der Waals surface area contributed by atoms with Crippen LogP contribution in [0.1, 0.15) is 24.9 Å². The lowest BCUT2D eigenvalue weighted by molar-refractivity contribution is -0.142. The van der Waals surface area contributed by atoms with Crippen molar-refractivity contribution < 1.29 is 9.59 Å². The average molecular weight is 293 g/mol. The number of rotatable bonds is 2. The highest BCUT2D eigenvalue weighted by Crippen LogP contribution is 2.65. The summed E-state index contributed by atoms with van der Waals surface area (Å²) in [6.07, 6.45) is 5.66. The van der Waals surface area contributed by atoms with Gasteiger partial charge >= 0.3 is 0 Å². The normalized spacial score (nSPS) is 42.3. The third kappa shape index (κ3) is 1.42. The Kier molecular flexibility index (Phi) is 2.35. The Morgan fingerprint density at radius 3 is 2.05 bits per heavy atom. The molecule has 7 atom stereocenters. The van der Waals surface area contributed by atoms with Crippen LogP contribution in [0.4, 0.5) is 0 Å². The van der Waals surface area contributed by atoms with Crippen molar-refractivity contribution in [1.29, 1.82) is 0 Å². The van der Waals surface area contributed by atoms with Crippen molar-refractivity contribution in [2.45, 2.75) is 19.4 Å². The second kappa shape index (κ2) is 4.09. The van der Waals surface area contributed by atoms with E-state index in [9.17, 15) is 9.59 Å². The molecule has 1 aliphatic heterocycles. The van der Waals surface area contributed by atoms with Gasteiger partial charge in [-0.15, -0.1) is 0 Å². The maximum absolute atomic E-state index is 13.0. The smallest absolute Gasteiger partial charge is 0.234 e. The Balaban J connectivity index is 1.52. The summed E-state index contributed by atoms with van der Waals surface area (Å²) in [5.74, 6) is 1.91. The van der Waals surface area contributed by atoms with E-state index in [1.54, 1.807) is 4.90 Å². The van der Waals surface area contributed by atoms with Crippen molar-refractivity contribution in [3.8, 4) is 0 Å². The average Bonchev–Trinajstić information content (AvgIpc) is 3.32. The monoisotopic (exact) mass is 293 g/mol. The van der Waals surface area contributed by atoms with Crippen LogP contribution in [0.5, 0.6) is 0 Å². The molecule has 0 aromatic heterocycles. The van der Waals surface area contributed by atoms with Crippen LogP contribution in [0.3, 0.4) is 0 Å². The van der Waals surface area contributed by atoms with Crippen LogP contribution in [0.2, 0.25) is 0 Å². The van der Waals surface area contributed by atoms with Gasteiger partial charge < -0.3 is 0 Å². The quantitative estimate of drug-likeness (QED) is 0.621. The van der Waals surface area contributed by atoms with Gasteiger partial charge in [0.15, 0.2) is 0 Å². The van der Waals surface area contributed by atoms with E-state index in [-0.39, 0.29) is 29.7 Å². The predicted molar refractivity (Wildman–Crippen MR) is 81.4 cm³/mol. The van der Waals surface area contributed by atoms with E-state index in [1.807, 2.05) is 37.3 Å². The first-order valence-electron chi connectivity index (χ1n) is 8.28. The van der Waals surface area contributed by atoms with Crippen molar-refractivity contribution in [2.75, 3.05) is 0 Å². The molecule has 3 heteroatoms. The summed E-state index contributed by atoms with van der Waals surface area (Å²) in [7, 11) is 0. The first-order valence-corrected chi connectivity index (χ1v) is 8.28. The van der Waals surface area contributed by atoms with E-state index in [0.29, 0.717) is 23.7 Å². The number of carbonyl (C=O) groups excluding carboxylic acids is 2. The van der Waals surface area contributed by atoms with Crippen LogP contribution >= 0.6 is 0 Å². The SMILES string of the molecule is C[C@H](c1ccccc1)N1C(=O)[C@@H]2[C@H]3C=C[C@@H]([C@@H]4C[C@H]34)[C@H]2C1=O. The van der Waals surface area contributed by atoms with Gasteiger partial charge in [0.25, 0.3) is 0 Å². The summed E-state index contributed by atoms with van der Waals surface area (Å²) in [6, 6.07) is 9.72. The summed E-state index contributed by atoms with van der Waals surface area (Å²) >= 11 is 0. The van der Waals surface area contributed by atoms with E-state index in [4.69, 9.17) is 0 Å². The molecule has 22 heavy (non-hydrogen) atoms. The Bertz CT molecular complexity index is 659. The molecular weight excluding hydrogens is 274 g/mol. The fraction of sp³-hybridized carbons (Fsp3) is 0.474. The third-order valence-electron chi connectivity index (χ3n) is 6.37. The molecule has 4 aliphatic carbocycles. The molecule has 1 aromatic carbocycles. The lowest BCUT2D eigenvalue weighted by Crippen LogP contribution is -2.40. The van der Waals surface area contributed by atoms with Crippen molar-refractivity contribution in [1.82, 2.24) is 4.90 Å². The summed E-state index contributed by atoms with van der Waals surface area (Å²) in [6.45, 7) is 1.97. The number of benzene rings is 1. The molecule has 0 radical (unpaired) electrons. The van der Waals surface area contributed by atoms with Crippen LogP contribution in [-0.2, 0) is 9.59 Å². The number of likely N-dealkylation sites (tertiary alicyclic amines) is 1. The lowest BCUT2D eigenvalue weighted by Gasteiger charge is -2.37. The lowest BCUT2D eigenvalue weighted by atomic mass is 9.63. The Hall–Kier alpha value is -1.90. The van der Waals surface area contributed by atoms with Crippen LogP contribution in [0.25, 0.3) is 0 Å². The fourth-order valence-corrected chi connectivity index (χ4v) is 5.24. The van der Waals surface area contributed by atoms with Crippen LogP contribution in [0.15, 0.2) is 42.5 Å². The molecule has 2 amide bonds. The maximum atomic E-state index is 13.0. The number of nitrogens with zero attached hydrogens (tertiary/aromatic N) is 1. The molecule has 1 aromatic rings. The molecule has 1 heterocycles. The van der Waals surface area contributed by atoms with Crippen molar-refractivity contribution in [3.63, 3.8) is 0 Å². The van der Waals surface area contributed by atoms with E-state index >= 15 is 0 Å². The molecule has 2 bridgehead atoms. The Labute approximate surface area is 130 Å². The summed E-state index contributed by atoms with van der Waals surface area (Å²) in [5.41, 5.74) is 1.04. The molecule has 0 unspecified atom stereocenters. The number of hydrogen-bond acceptors (Lipinski definition) is 2. The minimum atomic E-state index is -0.164. The number of imide groups is 1. The Morgan fingerprint density at radius 1 is 0.955 bits per heavy atom. The second-order valence-electron chi connectivity index (χ2n) is 7.29. The van der Waals surface area contributed by atoms with Crippen molar-refractivity contribution in [2.24, 2.45) is 35.5 Å². The van der Waals surface area contributed by atoms with Crippen molar-refractivity contribution >= 4 is 11.8 Å². The summed E-state index contributed by atoms with van der Waals surface area (Å²) in [5, 5.41) is 0. The van der Waals surface area contributed by atoms with Gasteiger partial charge in [0.2, 0.25) is 11.8 Å². The molecule has 5 aliphatic rings. The Morgan fingerprint density at radius 2 is 1.50 bits per heavy atom. The highest BCUT2D eigenvalue weighted by Gasteiger charge is 2.67. The first kappa shape index (κ1) is 12.6. The van der Waals surface area contributed by atoms with E-state index < -0.39 is 0 Å². The molecule has 3 nitrogen and oxygen atoms in total. The molecule has 0 N–H and O–H groups in total. The summed E-state index contributed by atoms with van der Waals surface area (Å²) < 4.78 is 0. The minimum Gasteiger partial charge on any atom is -0.275 e. The minimum absolute atomic E-state index is 0.0658. The number of allylic oxidation sites excluding steroid dienone is 2. The molecule has 1 saturated heterocycles. The standard InChI is InChI=1S/C19H19NO2/c1-10(11-5-3-2-4-6-11)20-18(21)16-12-7-8-13(15-9-14(12)15)17(16)19(20)22/h2-8,10,12-17H,9H2,1H3/t10-,12+,13+,14-,15+,16-,17-/m1/s1. The third-order valence-corrected chi connectivity index (χ3v) is 6.37. The number of hydrogen-bond donors (Lipinski definition) is 0. The second-order valence-corrected chi connectivity index (χ2v) is 7.29. The van der Waals surface area contributed by atoms with E-state index in [1.165, 1.54) is 6.42 Å². The van der Waals surface area contributed by atoms with Gasteiger partial charge in [0.1, 0.15) is 0 Å². The van der Waals surface area contributed by atoms with E-state index in [2.05, 4.69) is 12.2 Å². The van der Waals surface area contributed by atoms with E-state index in [0.717, 1.165) is 5.56 Å². The highest BCUT2D eigenvalue weighted by atomic mass is 16.2. The van der Waals surface area contributed by atoms with Gasteiger partial charge in [-0.1, -0.05) is 42.5 Å². The molecule has 0 spiro atoms. The highest BCUT2D eigenvalue weighted by molar-refractivity contribution is 6.06. The van der Waals surface area contributed by atoms with Gasteiger partial charge in [-0.05, 0) is 42.6 Å². The number of carbonyl (C=O) groups is 2. The first-order chi connectivity index (χ1) is 10.7. The zero-order valence-corrected chi connectivity index (χ0v) is 12.6. The van der Waals surface area contributed by atoms with Gasteiger partial charge in [0, 0.05) is 0 Å². The molecular formula is C19H19NO2. The van der Waals surface area contributed by atoms with Gasteiger partial charge in [0.05, 0.1) is 17.9 Å². The predicted octanol–water partition coefficient (Wildman–Crippen LogP) is 2.80. The van der Waals surface area contributed by atoms with Crippen LogP contribution in [0, 0.1) is 35.5 Å². The zero-order valence-electron chi connectivity index (χ0n) is 12.6. The molecule has 6 rings (SSSR count). The van der Waals surface area contributed by atoms with Crippen molar-refractivity contribution in [3.05, 3.63) is 48.0 Å². The number of amides is 2. The molecule has 2 saturated carbocycles. The van der Waals surface area contributed by atoms with Gasteiger partial charge in [-0.2, -0.15) is 0 Å². The topological polar surface area (TPSA) is 37.4 Å². The maximum Gasteiger partial charge on any atom is 0.234 e. The molecule has 3 fully saturated rings.